The molecule has 0 aromatic heterocycles. The molecule has 4 fully saturated rings. The maximum Gasteiger partial charge on any atom is 0.230 e. The number of aliphatic hydroxyl groups is 1. The van der Waals surface area contributed by atoms with Crippen LogP contribution in [-0.4, -0.2) is 23.7 Å². The van der Waals surface area contributed by atoms with E-state index in [-0.39, 0.29) is 5.91 Å². The van der Waals surface area contributed by atoms with Crippen LogP contribution in [0.25, 0.3) is 0 Å². The second-order valence-electron chi connectivity index (χ2n) is 7.77. The molecule has 1 amide bonds. The Kier molecular flexibility index (Phi) is 3.40. The van der Waals surface area contributed by atoms with E-state index in [1.807, 2.05) is 0 Å². The predicted octanol–water partition coefficient (Wildman–Crippen LogP) is 3.62. The lowest BCUT2D eigenvalue weighted by molar-refractivity contribution is -0.174. The van der Waals surface area contributed by atoms with Gasteiger partial charge < -0.3 is 15.2 Å². The van der Waals surface area contributed by atoms with E-state index >= 15 is 0 Å². The fraction of sp³-hybridized carbons (Fsp3) is 0.611. The highest BCUT2D eigenvalue weighted by atomic mass is 35.5. The van der Waals surface area contributed by atoms with Crippen LogP contribution in [0.15, 0.2) is 18.2 Å². The number of anilines is 1. The van der Waals surface area contributed by atoms with Gasteiger partial charge >= 0.3 is 0 Å². The van der Waals surface area contributed by atoms with E-state index in [2.05, 4.69) is 5.32 Å². The third-order valence-electron chi connectivity index (χ3n) is 5.92. The molecule has 4 bridgehead atoms. The van der Waals surface area contributed by atoms with E-state index in [4.69, 9.17) is 16.3 Å². The van der Waals surface area contributed by atoms with Crippen LogP contribution in [0.4, 0.5) is 5.69 Å². The van der Waals surface area contributed by atoms with Gasteiger partial charge in [-0.15, -0.1) is 0 Å². The maximum absolute atomic E-state index is 13.0. The fourth-order valence-corrected chi connectivity index (χ4v) is 5.75. The highest BCUT2D eigenvalue weighted by Crippen LogP contribution is 2.61. The molecule has 0 spiro atoms. The second kappa shape index (κ2) is 5.12. The van der Waals surface area contributed by atoms with E-state index in [0.29, 0.717) is 34.7 Å². The van der Waals surface area contributed by atoms with Crippen LogP contribution in [-0.2, 0) is 4.79 Å². The maximum atomic E-state index is 13.0. The Balaban J connectivity index is 1.56. The molecule has 4 atom stereocenters. The minimum Gasteiger partial charge on any atom is -0.495 e. The number of methoxy groups -OCH3 is 1. The topological polar surface area (TPSA) is 58.6 Å². The minimum absolute atomic E-state index is 0.0336. The van der Waals surface area contributed by atoms with E-state index in [1.165, 1.54) is 6.42 Å². The Morgan fingerprint density at radius 2 is 2.00 bits per heavy atom. The third-order valence-corrected chi connectivity index (χ3v) is 6.22. The fourth-order valence-electron chi connectivity index (χ4n) is 5.49. The molecule has 4 aliphatic carbocycles. The average molecular weight is 336 g/mol. The largest absolute Gasteiger partial charge is 0.495 e. The van der Waals surface area contributed by atoms with Crippen molar-refractivity contribution in [2.24, 2.45) is 17.3 Å². The van der Waals surface area contributed by atoms with Gasteiger partial charge in [0.1, 0.15) is 5.75 Å². The van der Waals surface area contributed by atoms with Crippen molar-refractivity contribution in [1.82, 2.24) is 0 Å². The molecule has 23 heavy (non-hydrogen) atoms. The van der Waals surface area contributed by atoms with Crippen molar-refractivity contribution < 1.29 is 14.6 Å². The van der Waals surface area contributed by atoms with Gasteiger partial charge in [-0.3, -0.25) is 4.79 Å². The van der Waals surface area contributed by atoms with Crippen molar-refractivity contribution in [3.63, 3.8) is 0 Å². The molecule has 5 heteroatoms. The second-order valence-corrected chi connectivity index (χ2v) is 8.18. The van der Waals surface area contributed by atoms with Gasteiger partial charge in [0.2, 0.25) is 5.91 Å². The van der Waals surface area contributed by atoms with Crippen molar-refractivity contribution in [3.05, 3.63) is 23.2 Å². The normalized spacial score (nSPS) is 37.7. The molecule has 124 valence electrons. The van der Waals surface area contributed by atoms with Gasteiger partial charge in [0.15, 0.2) is 0 Å². The van der Waals surface area contributed by atoms with Gasteiger partial charge in [0.25, 0.3) is 0 Å². The summed E-state index contributed by atoms with van der Waals surface area (Å²) in [6.45, 7) is 0. The summed E-state index contributed by atoms with van der Waals surface area (Å²) in [7, 11) is 1.57. The van der Waals surface area contributed by atoms with Crippen molar-refractivity contribution in [3.8, 4) is 5.75 Å². The first-order chi connectivity index (χ1) is 10.9. The van der Waals surface area contributed by atoms with Crippen LogP contribution in [0.5, 0.6) is 5.75 Å². The molecule has 2 N–H and O–H groups in total. The van der Waals surface area contributed by atoms with Crippen LogP contribution in [0, 0.1) is 17.3 Å². The number of halogens is 1. The summed E-state index contributed by atoms with van der Waals surface area (Å²) in [5.41, 5.74) is -0.354. The Morgan fingerprint density at radius 3 is 2.57 bits per heavy atom. The minimum atomic E-state index is -0.626. The smallest absolute Gasteiger partial charge is 0.230 e. The van der Waals surface area contributed by atoms with Gasteiger partial charge in [0, 0.05) is 5.69 Å². The quantitative estimate of drug-likeness (QED) is 0.887. The lowest BCUT2D eigenvalue weighted by atomic mass is 9.47. The number of carbonyl (C=O) groups is 1. The summed E-state index contributed by atoms with van der Waals surface area (Å²) in [6.07, 6.45) is 5.32. The Labute approximate surface area is 141 Å². The van der Waals surface area contributed by atoms with Crippen molar-refractivity contribution >= 4 is 23.2 Å². The standard InChI is InChI=1S/C18H22ClNO3/c1-23-15-3-2-13(5-14(15)19)20-16(21)17-6-11-4-12(7-17)9-18(22,8-11)10-17/h2-3,5,11-12,22H,4,6-10H2,1H3,(H,20,21)/t11-,12+,17?,18?. The van der Waals surface area contributed by atoms with Crippen LogP contribution < -0.4 is 10.1 Å². The number of nitrogens with one attached hydrogen (secondary N) is 1. The molecule has 0 aliphatic heterocycles. The molecule has 1 aromatic rings. The Hall–Kier alpha value is -1.26. The van der Waals surface area contributed by atoms with Gasteiger partial charge in [-0.2, -0.15) is 0 Å². The Bertz CT molecular complexity index is 646. The molecule has 1 aromatic carbocycles. The molecule has 4 aliphatic rings. The summed E-state index contributed by atoms with van der Waals surface area (Å²) < 4.78 is 5.14. The molecule has 4 nitrogen and oxygen atoms in total. The molecule has 2 unspecified atom stereocenters. The van der Waals surface area contributed by atoms with Crippen LogP contribution >= 0.6 is 11.6 Å². The summed E-state index contributed by atoms with van der Waals surface area (Å²) in [5.74, 6) is 1.61. The highest BCUT2D eigenvalue weighted by molar-refractivity contribution is 6.32. The van der Waals surface area contributed by atoms with E-state index in [0.717, 1.165) is 25.7 Å². The first kappa shape index (κ1) is 15.3. The van der Waals surface area contributed by atoms with Gasteiger partial charge in [0.05, 0.1) is 23.1 Å². The van der Waals surface area contributed by atoms with Crippen molar-refractivity contribution in [2.75, 3.05) is 12.4 Å². The SMILES string of the molecule is COc1ccc(NC(=O)C23C[C@@H]4C[C@@H](CC(O)(C4)C2)C3)cc1Cl. The zero-order valence-electron chi connectivity index (χ0n) is 13.3. The van der Waals surface area contributed by atoms with E-state index in [9.17, 15) is 9.90 Å². The number of ether oxygens (including phenoxy) is 1. The zero-order chi connectivity index (χ0) is 16.2. The summed E-state index contributed by atoms with van der Waals surface area (Å²) in [4.78, 5) is 13.0. The predicted molar refractivity (Wildman–Crippen MR) is 88.7 cm³/mol. The number of benzene rings is 1. The van der Waals surface area contributed by atoms with Gasteiger partial charge in [-0.1, -0.05) is 11.6 Å². The Morgan fingerprint density at radius 1 is 1.30 bits per heavy atom. The molecule has 5 rings (SSSR count). The number of carbonyl (C=O) groups excluding carboxylic acids is 1. The lowest BCUT2D eigenvalue weighted by Crippen LogP contribution is -2.59. The molecule has 0 radical (unpaired) electrons. The van der Waals surface area contributed by atoms with Gasteiger partial charge in [-0.25, -0.2) is 0 Å². The summed E-state index contributed by atoms with van der Waals surface area (Å²) in [6, 6.07) is 5.27. The van der Waals surface area contributed by atoms with Crippen LogP contribution in [0.3, 0.4) is 0 Å². The number of hydrogen-bond acceptors (Lipinski definition) is 3. The number of hydrogen-bond donors (Lipinski definition) is 2. The number of amides is 1. The monoisotopic (exact) mass is 335 g/mol. The average Bonchev–Trinajstić information content (AvgIpc) is 2.44. The van der Waals surface area contributed by atoms with Crippen molar-refractivity contribution in [1.29, 1.82) is 0 Å². The highest BCUT2D eigenvalue weighted by Gasteiger charge is 2.60. The van der Waals surface area contributed by atoms with Gasteiger partial charge in [-0.05, 0) is 68.6 Å². The van der Waals surface area contributed by atoms with Crippen LogP contribution in [0.2, 0.25) is 5.02 Å². The van der Waals surface area contributed by atoms with Crippen LogP contribution in [0.1, 0.15) is 38.5 Å². The van der Waals surface area contributed by atoms with E-state index in [1.54, 1.807) is 25.3 Å². The first-order valence-corrected chi connectivity index (χ1v) is 8.67. The summed E-state index contributed by atoms with van der Waals surface area (Å²) in [5, 5.41) is 14.3. The third kappa shape index (κ3) is 2.52. The first-order valence-electron chi connectivity index (χ1n) is 8.29. The summed E-state index contributed by atoms with van der Waals surface area (Å²) >= 11 is 6.14. The van der Waals surface area contributed by atoms with E-state index < -0.39 is 11.0 Å². The molecular weight excluding hydrogens is 314 g/mol. The lowest BCUT2D eigenvalue weighted by Gasteiger charge is -2.59. The molecule has 4 saturated carbocycles. The molecule has 0 saturated heterocycles. The molecule has 0 heterocycles. The number of rotatable bonds is 3. The molecular formula is C18H22ClNO3. The van der Waals surface area contributed by atoms with Crippen molar-refractivity contribution in [2.45, 2.75) is 44.1 Å². The zero-order valence-corrected chi connectivity index (χ0v) is 14.0.